The second kappa shape index (κ2) is 13.1. The molecule has 0 bridgehead atoms. The molecule has 3 unspecified atom stereocenters. The first-order valence-electron chi connectivity index (χ1n) is 16.6. The fourth-order valence-corrected chi connectivity index (χ4v) is 11.1. The van der Waals surface area contributed by atoms with E-state index in [2.05, 4.69) is 26.1 Å². The molecule has 10 nitrogen and oxygen atoms in total. The van der Waals surface area contributed by atoms with E-state index in [1.807, 2.05) is 14.1 Å². The molecule has 4 rings (SSSR count). The zero-order valence-electron chi connectivity index (χ0n) is 27.0. The zero-order valence-corrected chi connectivity index (χ0v) is 27.8. The van der Waals surface area contributed by atoms with Crippen LogP contribution in [0.15, 0.2) is 0 Å². The van der Waals surface area contributed by atoms with E-state index in [9.17, 15) is 33.6 Å². The van der Waals surface area contributed by atoms with Gasteiger partial charge < -0.3 is 30.2 Å². The number of aliphatic hydroxyl groups excluding tert-OH is 4. The lowest BCUT2D eigenvalue weighted by atomic mass is 9.43. The molecule has 43 heavy (non-hydrogen) atoms. The Balaban J connectivity index is 1.27. The molecule has 11 heteroatoms. The van der Waals surface area contributed by atoms with Gasteiger partial charge in [0.2, 0.25) is 5.91 Å². The molecule has 4 fully saturated rings. The highest BCUT2D eigenvalue weighted by molar-refractivity contribution is 7.85. The second-order valence-electron chi connectivity index (χ2n) is 16.0. The van der Waals surface area contributed by atoms with Gasteiger partial charge in [0.25, 0.3) is 10.1 Å². The molecule has 0 heterocycles. The van der Waals surface area contributed by atoms with Gasteiger partial charge in [0.1, 0.15) is 18.4 Å². The highest BCUT2D eigenvalue weighted by Crippen LogP contribution is 2.68. The standard InChI is InChI=1S/C32H58N2O8S/c1-20(7-10-29(39)33-13-6-14-34(4,5)18-23(36)19-43(40,41)42)24-8-9-25-30-26(17-28(38)32(24,25)3)31(2)12-11-22(35)15-21(31)16-27(30)37/h20-28,30,35-38H,6-19H2,1-5H3,(H-,33,39,40,41,42)/p+1/t20-,21?,22-,23?,24-,25?,26+,27-,28+,30+,31+,32-/m1/s1. The van der Waals surface area contributed by atoms with Crippen molar-refractivity contribution in [1.82, 2.24) is 5.32 Å². The summed E-state index contributed by atoms with van der Waals surface area (Å²) in [4.78, 5) is 12.7. The predicted molar refractivity (Wildman–Crippen MR) is 164 cm³/mol. The van der Waals surface area contributed by atoms with Gasteiger partial charge in [-0.05, 0) is 97.7 Å². The number of hydrogen-bond donors (Lipinski definition) is 6. The highest BCUT2D eigenvalue weighted by atomic mass is 32.2. The van der Waals surface area contributed by atoms with Crippen LogP contribution in [-0.2, 0) is 14.9 Å². The minimum Gasteiger partial charge on any atom is -0.393 e. The van der Waals surface area contributed by atoms with Crippen LogP contribution in [0.1, 0.15) is 85.0 Å². The topological polar surface area (TPSA) is 164 Å². The van der Waals surface area contributed by atoms with E-state index in [0.717, 1.165) is 44.9 Å². The first-order valence-corrected chi connectivity index (χ1v) is 18.2. The highest BCUT2D eigenvalue weighted by Gasteiger charge is 2.65. The van der Waals surface area contributed by atoms with Gasteiger partial charge in [-0.2, -0.15) is 8.42 Å². The van der Waals surface area contributed by atoms with E-state index in [4.69, 9.17) is 4.55 Å². The first kappa shape index (κ1) is 35.0. The summed E-state index contributed by atoms with van der Waals surface area (Å²) in [7, 11) is -0.484. The van der Waals surface area contributed by atoms with Crippen LogP contribution < -0.4 is 5.32 Å². The molecule has 0 aromatic heterocycles. The number of carbonyl (C=O) groups excluding carboxylic acids is 1. The Hall–Kier alpha value is -0.820. The lowest BCUT2D eigenvalue weighted by Gasteiger charge is -2.63. The SMILES string of the molecule is C[C@H](CCC(=O)NCCC[N+](C)(C)CC(O)CS(=O)(=O)O)[C@H]1CCC2[C@@H]3[C@H](O)CC4C[C@H](O)CC[C@]4(C)[C@H]3C[C@H](O)[C@@]21C. The van der Waals surface area contributed by atoms with Crippen LogP contribution in [0.5, 0.6) is 0 Å². The Bertz CT molecular complexity index is 1090. The average molecular weight is 632 g/mol. The number of rotatable bonds is 12. The number of amides is 1. The number of likely N-dealkylation sites (N-methyl/N-ethyl adjacent to an activating group) is 1. The van der Waals surface area contributed by atoms with Gasteiger partial charge in [-0.1, -0.05) is 20.8 Å². The summed E-state index contributed by atoms with van der Waals surface area (Å²) in [6, 6.07) is 0. The van der Waals surface area contributed by atoms with E-state index in [1.165, 1.54) is 0 Å². The molecule has 0 saturated heterocycles. The van der Waals surface area contributed by atoms with Crippen molar-refractivity contribution in [3.8, 4) is 0 Å². The van der Waals surface area contributed by atoms with Gasteiger partial charge in [0.05, 0.1) is 39.0 Å². The molecular formula is C32H59N2O8S+. The average Bonchev–Trinajstić information content (AvgIpc) is 3.24. The Labute approximate surface area is 259 Å². The third kappa shape index (κ3) is 7.60. The van der Waals surface area contributed by atoms with Crippen molar-refractivity contribution >= 4 is 16.0 Å². The minimum absolute atomic E-state index is 0.00585. The molecule has 0 aromatic rings. The van der Waals surface area contributed by atoms with Crippen molar-refractivity contribution in [3.05, 3.63) is 0 Å². The lowest BCUT2D eigenvalue weighted by Crippen LogP contribution is -2.62. The van der Waals surface area contributed by atoms with Crippen molar-refractivity contribution in [2.24, 2.45) is 46.3 Å². The number of carbonyl (C=O) groups is 1. The molecule has 0 aliphatic heterocycles. The molecule has 0 radical (unpaired) electrons. The van der Waals surface area contributed by atoms with E-state index < -0.39 is 28.1 Å². The quantitative estimate of drug-likeness (QED) is 0.108. The van der Waals surface area contributed by atoms with Crippen LogP contribution in [0.3, 0.4) is 0 Å². The monoisotopic (exact) mass is 631 g/mol. The maximum Gasteiger partial charge on any atom is 0.267 e. The first-order chi connectivity index (χ1) is 19.9. The molecule has 4 saturated carbocycles. The molecule has 1 amide bonds. The second-order valence-corrected chi connectivity index (χ2v) is 17.5. The Morgan fingerprint density at radius 1 is 1.05 bits per heavy atom. The number of hydrogen-bond acceptors (Lipinski definition) is 7. The summed E-state index contributed by atoms with van der Waals surface area (Å²) in [6.45, 7) is 8.10. The fourth-order valence-electron chi connectivity index (χ4n) is 10.5. The lowest BCUT2D eigenvalue weighted by molar-refractivity contribution is -0.893. The van der Waals surface area contributed by atoms with Crippen LogP contribution in [-0.4, -0.2) is 108 Å². The molecule has 4 aliphatic rings. The van der Waals surface area contributed by atoms with E-state index >= 15 is 0 Å². The third-order valence-corrected chi connectivity index (χ3v) is 13.5. The number of nitrogens with one attached hydrogen (secondary N) is 1. The normalized spacial score (nSPS) is 41.1. The van der Waals surface area contributed by atoms with Crippen LogP contribution in [0.4, 0.5) is 0 Å². The van der Waals surface area contributed by atoms with Crippen LogP contribution in [0, 0.1) is 46.3 Å². The summed E-state index contributed by atoms with van der Waals surface area (Å²) in [5.74, 6) is 0.890. The number of aliphatic hydroxyl groups is 4. The van der Waals surface area contributed by atoms with Crippen LogP contribution in [0.25, 0.3) is 0 Å². The van der Waals surface area contributed by atoms with E-state index in [1.54, 1.807) is 0 Å². The van der Waals surface area contributed by atoms with E-state index in [0.29, 0.717) is 48.7 Å². The largest absolute Gasteiger partial charge is 0.393 e. The molecule has 12 atom stereocenters. The molecule has 0 aromatic carbocycles. The summed E-state index contributed by atoms with van der Waals surface area (Å²) >= 11 is 0. The van der Waals surface area contributed by atoms with Gasteiger partial charge in [-0.15, -0.1) is 0 Å². The molecule has 0 spiro atoms. The number of fused-ring (bicyclic) bond motifs is 5. The maximum absolute atomic E-state index is 12.7. The van der Waals surface area contributed by atoms with Crippen molar-refractivity contribution < 1.29 is 42.7 Å². The fraction of sp³-hybridized carbons (Fsp3) is 0.969. The minimum atomic E-state index is -4.23. The van der Waals surface area contributed by atoms with Crippen molar-refractivity contribution in [1.29, 1.82) is 0 Å². The molecular weight excluding hydrogens is 572 g/mol. The van der Waals surface area contributed by atoms with Crippen molar-refractivity contribution in [3.63, 3.8) is 0 Å². The molecule has 250 valence electrons. The number of nitrogens with zero attached hydrogens (tertiary/aromatic N) is 1. The Kier molecular flexibility index (Phi) is 10.7. The summed E-state index contributed by atoms with van der Waals surface area (Å²) in [6.07, 6.45) is 5.56. The Morgan fingerprint density at radius 2 is 1.74 bits per heavy atom. The van der Waals surface area contributed by atoms with Crippen molar-refractivity contribution in [2.45, 2.75) is 109 Å². The molecule has 6 N–H and O–H groups in total. The zero-order chi connectivity index (χ0) is 32.0. The van der Waals surface area contributed by atoms with Crippen LogP contribution in [0.2, 0.25) is 0 Å². The smallest absolute Gasteiger partial charge is 0.267 e. The summed E-state index contributed by atoms with van der Waals surface area (Å²) in [5, 5.41) is 46.5. The summed E-state index contributed by atoms with van der Waals surface area (Å²) in [5.41, 5.74) is -0.222. The Morgan fingerprint density at radius 3 is 2.42 bits per heavy atom. The van der Waals surface area contributed by atoms with Crippen molar-refractivity contribution in [2.75, 3.05) is 39.5 Å². The van der Waals surface area contributed by atoms with Crippen LogP contribution >= 0.6 is 0 Å². The third-order valence-electron chi connectivity index (χ3n) is 12.7. The number of quaternary nitrogens is 1. The van der Waals surface area contributed by atoms with Gasteiger partial charge in [0.15, 0.2) is 0 Å². The predicted octanol–water partition coefficient (Wildman–Crippen LogP) is 2.20. The van der Waals surface area contributed by atoms with Gasteiger partial charge in [-0.3, -0.25) is 9.35 Å². The van der Waals surface area contributed by atoms with Gasteiger partial charge in [0, 0.05) is 19.4 Å². The molecule has 4 aliphatic carbocycles. The van der Waals surface area contributed by atoms with E-state index in [-0.39, 0.29) is 59.2 Å². The van der Waals surface area contributed by atoms with Gasteiger partial charge >= 0.3 is 0 Å². The summed E-state index contributed by atoms with van der Waals surface area (Å²) < 4.78 is 31.3. The van der Waals surface area contributed by atoms with Gasteiger partial charge in [-0.25, -0.2) is 0 Å². The maximum atomic E-state index is 12.7.